The van der Waals surface area contributed by atoms with Crippen LogP contribution in [0.4, 0.5) is 0 Å². The van der Waals surface area contributed by atoms with Crippen LogP contribution < -0.4 is 11.1 Å². The Morgan fingerprint density at radius 2 is 2.17 bits per heavy atom. The highest BCUT2D eigenvalue weighted by Gasteiger charge is 2.29. The molecular weight excluding hydrogens is 246 g/mol. The first kappa shape index (κ1) is 15.4. The summed E-state index contributed by atoms with van der Waals surface area (Å²) >= 11 is 4.88. The lowest BCUT2D eigenvalue weighted by molar-refractivity contribution is -0.122. The SMILES string of the molecule is CC(C)CCNC(=O)CN(CCC(N)=S)C1CC1. The first-order valence-corrected chi connectivity index (χ1v) is 7.19. The Kier molecular flexibility index (Phi) is 6.57. The summed E-state index contributed by atoms with van der Waals surface area (Å²) in [7, 11) is 0. The Balaban J connectivity index is 2.23. The van der Waals surface area contributed by atoms with Crippen LogP contribution in [-0.2, 0) is 4.79 Å². The van der Waals surface area contributed by atoms with Gasteiger partial charge in [-0.05, 0) is 25.2 Å². The average Bonchev–Trinajstić information content (AvgIpc) is 3.07. The maximum absolute atomic E-state index is 11.8. The molecule has 1 aliphatic carbocycles. The third-order valence-electron chi connectivity index (χ3n) is 3.10. The van der Waals surface area contributed by atoms with Crippen molar-refractivity contribution < 1.29 is 4.79 Å². The first-order valence-electron chi connectivity index (χ1n) is 6.78. The molecule has 0 aromatic carbocycles. The Morgan fingerprint density at radius 3 is 2.67 bits per heavy atom. The van der Waals surface area contributed by atoms with E-state index in [1.807, 2.05) is 0 Å². The van der Waals surface area contributed by atoms with Gasteiger partial charge in [-0.15, -0.1) is 0 Å². The summed E-state index contributed by atoms with van der Waals surface area (Å²) in [5, 5.41) is 2.97. The lowest BCUT2D eigenvalue weighted by Crippen LogP contribution is -2.40. The number of nitrogens with zero attached hydrogens (tertiary/aromatic N) is 1. The zero-order valence-electron chi connectivity index (χ0n) is 11.4. The van der Waals surface area contributed by atoms with Crippen LogP contribution >= 0.6 is 12.2 Å². The second kappa shape index (κ2) is 7.69. The molecule has 0 atom stereocenters. The van der Waals surface area contributed by atoms with Gasteiger partial charge in [-0.25, -0.2) is 0 Å². The van der Waals surface area contributed by atoms with E-state index in [1.54, 1.807) is 0 Å². The molecule has 1 amide bonds. The predicted molar refractivity (Wildman–Crippen MR) is 78.5 cm³/mol. The van der Waals surface area contributed by atoms with Crippen molar-refractivity contribution >= 4 is 23.1 Å². The molecule has 0 heterocycles. The molecule has 1 aliphatic rings. The summed E-state index contributed by atoms with van der Waals surface area (Å²) in [5.41, 5.74) is 5.51. The molecule has 0 aliphatic heterocycles. The van der Waals surface area contributed by atoms with E-state index in [4.69, 9.17) is 18.0 Å². The van der Waals surface area contributed by atoms with Crippen molar-refractivity contribution in [3.63, 3.8) is 0 Å². The molecule has 1 fully saturated rings. The van der Waals surface area contributed by atoms with Crippen LogP contribution in [0.2, 0.25) is 0 Å². The van der Waals surface area contributed by atoms with E-state index in [9.17, 15) is 4.79 Å². The van der Waals surface area contributed by atoms with Gasteiger partial charge < -0.3 is 11.1 Å². The smallest absolute Gasteiger partial charge is 0.234 e. The largest absolute Gasteiger partial charge is 0.393 e. The molecule has 0 radical (unpaired) electrons. The van der Waals surface area contributed by atoms with Gasteiger partial charge in [-0.1, -0.05) is 26.1 Å². The van der Waals surface area contributed by atoms with Gasteiger partial charge in [0.05, 0.1) is 11.5 Å². The molecule has 0 bridgehead atoms. The highest BCUT2D eigenvalue weighted by atomic mass is 32.1. The Hall–Kier alpha value is -0.680. The molecule has 0 aromatic heterocycles. The summed E-state index contributed by atoms with van der Waals surface area (Å²) in [6.07, 6.45) is 4.11. The van der Waals surface area contributed by atoms with E-state index in [1.165, 1.54) is 12.8 Å². The topological polar surface area (TPSA) is 58.4 Å². The maximum Gasteiger partial charge on any atom is 0.234 e. The fourth-order valence-corrected chi connectivity index (χ4v) is 1.92. The van der Waals surface area contributed by atoms with Crippen LogP contribution in [-0.4, -0.2) is 41.5 Å². The van der Waals surface area contributed by atoms with Crippen LogP contribution in [0.5, 0.6) is 0 Å². The van der Waals surface area contributed by atoms with Gasteiger partial charge in [0, 0.05) is 25.6 Å². The molecule has 3 N–H and O–H groups in total. The summed E-state index contributed by atoms with van der Waals surface area (Å²) in [6, 6.07) is 0.565. The first-order chi connectivity index (χ1) is 8.49. The van der Waals surface area contributed by atoms with E-state index >= 15 is 0 Å². The van der Waals surface area contributed by atoms with E-state index in [-0.39, 0.29) is 5.91 Å². The number of nitrogens with one attached hydrogen (secondary N) is 1. The quantitative estimate of drug-likeness (QED) is 0.620. The number of hydrogen-bond donors (Lipinski definition) is 2. The molecule has 0 aromatic rings. The molecule has 0 spiro atoms. The van der Waals surface area contributed by atoms with Crippen molar-refractivity contribution in [2.24, 2.45) is 11.7 Å². The zero-order chi connectivity index (χ0) is 13.5. The second-order valence-electron chi connectivity index (χ2n) is 5.45. The van der Waals surface area contributed by atoms with Crippen LogP contribution in [0.15, 0.2) is 0 Å². The van der Waals surface area contributed by atoms with Crippen LogP contribution in [0, 0.1) is 5.92 Å². The Bertz CT molecular complexity index is 290. The molecule has 5 heteroatoms. The number of amides is 1. The van der Waals surface area contributed by atoms with Gasteiger partial charge in [-0.2, -0.15) is 0 Å². The number of carbonyl (C=O) groups is 1. The predicted octanol–water partition coefficient (Wildman–Crippen LogP) is 1.29. The normalized spacial score (nSPS) is 15.1. The lowest BCUT2D eigenvalue weighted by Gasteiger charge is -2.21. The number of hydrogen-bond acceptors (Lipinski definition) is 3. The van der Waals surface area contributed by atoms with Crippen molar-refractivity contribution in [2.75, 3.05) is 19.6 Å². The third-order valence-corrected chi connectivity index (χ3v) is 3.30. The van der Waals surface area contributed by atoms with Crippen LogP contribution in [0.1, 0.15) is 39.5 Å². The molecule has 104 valence electrons. The molecule has 4 nitrogen and oxygen atoms in total. The van der Waals surface area contributed by atoms with Crippen LogP contribution in [0.25, 0.3) is 0 Å². The van der Waals surface area contributed by atoms with E-state index in [2.05, 4.69) is 24.1 Å². The van der Waals surface area contributed by atoms with Crippen molar-refractivity contribution in [3.05, 3.63) is 0 Å². The summed E-state index contributed by atoms with van der Waals surface area (Å²) in [4.78, 5) is 14.5. The van der Waals surface area contributed by atoms with Crippen molar-refractivity contribution in [2.45, 2.75) is 45.6 Å². The highest BCUT2D eigenvalue weighted by molar-refractivity contribution is 7.80. The summed E-state index contributed by atoms with van der Waals surface area (Å²) in [5.74, 6) is 0.741. The Labute approximate surface area is 115 Å². The number of thiocarbonyl (C=S) groups is 1. The third kappa shape index (κ3) is 6.91. The molecule has 0 saturated heterocycles. The van der Waals surface area contributed by atoms with E-state index < -0.39 is 0 Å². The van der Waals surface area contributed by atoms with Gasteiger partial charge in [-0.3, -0.25) is 9.69 Å². The standard InChI is InChI=1S/C13H25N3OS/c1-10(2)5-7-15-13(17)9-16(11-3-4-11)8-6-12(14)18/h10-11H,3-9H2,1-2H3,(H2,14,18)(H,15,17). The van der Waals surface area contributed by atoms with E-state index in [0.717, 1.165) is 19.5 Å². The second-order valence-corrected chi connectivity index (χ2v) is 5.97. The van der Waals surface area contributed by atoms with E-state index in [0.29, 0.717) is 29.9 Å². The number of carbonyl (C=O) groups excluding carboxylic acids is 1. The summed E-state index contributed by atoms with van der Waals surface area (Å²) < 4.78 is 0. The lowest BCUT2D eigenvalue weighted by atomic mass is 10.1. The zero-order valence-corrected chi connectivity index (χ0v) is 12.3. The minimum atomic E-state index is 0.116. The molecule has 1 rings (SSSR count). The summed E-state index contributed by atoms with van der Waals surface area (Å²) in [6.45, 7) is 6.36. The van der Waals surface area contributed by atoms with Gasteiger partial charge in [0.15, 0.2) is 0 Å². The monoisotopic (exact) mass is 271 g/mol. The highest BCUT2D eigenvalue weighted by Crippen LogP contribution is 2.26. The average molecular weight is 271 g/mol. The number of nitrogens with two attached hydrogens (primary N) is 1. The Morgan fingerprint density at radius 1 is 1.50 bits per heavy atom. The molecular formula is C13H25N3OS. The molecule has 0 unspecified atom stereocenters. The van der Waals surface area contributed by atoms with Gasteiger partial charge >= 0.3 is 0 Å². The van der Waals surface area contributed by atoms with Gasteiger partial charge in [0.2, 0.25) is 5.91 Å². The van der Waals surface area contributed by atoms with Crippen molar-refractivity contribution in [3.8, 4) is 0 Å². The minimum absolute atomic E-state index is 0.116. The van der Waals surface area contributed by atoms with Crippen molar-refractivity contribution in [1.29, 1.82) is 0 Å². The maximum atomic E-state index is 11.8. The minimum Gasteiger partial charge on any atom is -0.393 e. The van der Waals surface area contributed by atoms with Gasteiger partial charge in [0.25, 0.3) is 0 Å². The molecule has 1 saturated carbocycles. The fraction of sp³-hybridized carbons (Fsp3) is 0.846. The fourth-order valence-electron chi connectivity index (χ4n) is 1.82. The van der Waals surface area contributed by atoms with Crippen molar-refractivity contribution in [1.82, 2.24) is 10.2 Å². The van der Waals surface area contributed by atoms with Gasteiger partial charge in [0.1, 0.15) is 0 Å². The van der Waals surface area contributed by atoms with Crippen LogP contribution in [0.3, 0.4) is 0 Å². The molecule has 18 heavy (non-hydrogen) atoms. The number of rotatable bonds is 9.